The Kier molecular flexibility index (Phi) is 5.33. The van der Waals surface area contributed by atoms with Crippen molar-refractivity contribution in [3.8, 4) is 5.75 Å². The molecule has 0 bridgehead atoms. The highest BCUT2D eigenvalue weighted by atomic mass is 16.5. The Morgan fingerprint density at radius 3 is 2.58 bits per heavy atom. The van der Waals surface area contributed by atoms with Crippen LogP contribution in [0.2, 0.25) is 0 Å². The van der Waals surface area contributed by atoms with Crippen molar-refractivity contribution in [1.29, 1.82) is 0 Å². The van der Waals surface area contributed by atoms with E-state index in [1.54, 1.807) is 24.3 Å². The smallest absolute Gasteiger partial charge is 0.329 e. The largest absolute Gasteiger partial charge is 0.497 e. The van der Waals surface area contributed by atoms with Crippen molar-refractivity contribution in [1.82, 2.24) is 20.2 Å². The van der Waals surface area contributed by atoms with Crippen LogP contribution in [0.3, 0.4) is 0 Å². The molecule has 160 valence electrons. The van der Waals surface area contributed by atoms with Crippen LogP contribution in [0.5, 0.6) is 5.75 Å². The van der Waals surface area contributed by atoms with Crippen molar-refractivity contribution in [2.75, 3.05) is 12.0 Å². The van der Waals surface area contributed by atoms with Crippen LogP contribution in [0.4, 0.5) is 10.5 Å². The number of ether oxygens (including phenoxy) is 1. The average Bonchev–Trinajstić information content (AvgIpc) is 3.24. The quantitative estimate of drug-likeness (QED) is 0.594. The highest BCUT2D eigenvalue weighted by Crippen LogP contribution is 2.24. The molecule has 31 heavy (non-hydrogen) atoms. The number of carbonyl (C=O) groups is 3. The van der Waals surface area contributed by atoms with Gasteiger partial charge in [0.1, 0.15) is 17.6 Å². The molecule has 2 aromatic carbocycles. The van der Waals surface area contributed by atoms with Crippen LogP contribution in [-0.4, -0.2) is 40.5 Å². The Morgan fingerprint density at radius 2 is 1.90 bits per heavy atom. The minimum atomic E-state index is -0.928. The van der Waals surface area contributed by atoms with E-state index in [-0.39, 0.29) is 18.4 Å². The summed E-state index contributed by atoms with van der Waals surface area (Å²) >= 11 is 0. The number of aryl methyl sites for hydroxylation is 1. The third-order valence-corrected chi connectivity index (χ3v) is 5.33. The molecule has 2 N–H and O–H groups in total. The highest BCUT2D eigenvalue weighted by Gasteiger charge is 2.40. The number of urea groups is 1. The topological polar surface area (TPSA) is 106 Å². The fraction of sp³-hybridized carbons (Fsp3) is 0.273. The number of nitrogens with one attached hydrogen (secondary N) is 2. The standard InChI is InChI=1S/C22H23N5O4/c1-13(20-24-16-6-4-5-7-18(16)26(20)2)23-19(28)12-17-21(29)27(22(30)25-17)14-8-10-15(31-3)11-9-14/h4-11,13,17H,12H2,1-3H3,(H,23,28)(H,25,30)/t13-,17+/m1/s1. The molecule has 1 aromatic heterocycles. The molecule has 3 aromatic rings. The van der Waals surface area contributed by atoms with Crippen LogP contribution >= 0.6 is 0 Å². The molecule has 1 aliphatic heterocycles. The van der Waals surface area contributed by atoms with Gasteiger partial charge in [0.25, 0.3) is 5.91 Å². The number of methoxy groups -OCH3 is 1. The van der Waals surface area contributed by atoms with Gasteiger partial charge in [-0.05, 0) is 43.3 Å². The van der Waals surface area contributed by atoms with E-state index < -0.39 is 18.0 Å². The number of hydrogen-bond donors (Lipinski definition) is 2. The summed E-state index contributed by atoms with van der Waals surface area (Å²) < 4.78 is 7.02. The van der Waals surface area contributed by atoms with Gasteiger partial charge in [0.05, 0.1) is 36.3 Å². The second-order valence-electron chi connectivity index (χ2n) is 7.38. The molecular weight excluding hydrogens is 398 g/mol. The monoisotopic (exact) mass is 421 g/mol. The van der Waals surface area contributed by atoms with E-state index in [0.717, 1.165) is 15.9 Å². The summed E-state index contributed by atoms with van der Waals surface area (Å²) in [5.41, 5.74) is 2.22. The fourth-order valence-corrected chi connectivity index (χ4v) is 3.75. The molecule has 2 atom stereocenters. The summed E-state index contributed by atoms with van der Waals surface area (Å²) in [6.07, 6.45) is -0.161. The van der Waals surface area contributed by atoms with Gasteiger partial charge in [0.2, 0.25) is 5.91 Å². The molecule has 1 fully saturated rings. The summed E-state index contributed by atoms with van der Waals surface area (Å²) in [4.78, 5) is 43.3. The first-order valence-electron chi connectivity index (χ1n) is 9.88. The van der Waals surface area contributed by atoms with Crippen LogP contribution < -0.4 is 20.3 Å². The van der Waals surface area contributed by atoms with Crippen LogP contribution in [0, 0.1) is 0 Å². The third-order valence-electron chi connectivity index (χ3n) is 5.33. The van der Waals surface area contributed by atoms with Crippen molar-refractivity contribution in [2.45, 2.75) is 25.4 Å². The van der Waals surface area contributed by atoms with E-state index in [4.69, 9.17) is 4.74 Å². The molecule has 9 heteroatoms. The number of hydrogen-bond acceptors (Lipinski definition) is 5. The summed E-state index contributed by atoms with van der Waals surface area (Å²) in [6.45, 7) is 1.83. The predicted octanol–water partition coefficient (Wildman–Crippen LogP) is 2.27. The van der Waals surface area contributed by atoms with Gasteiger partial charge in [0.15, 0.2) is 0 Å². The first kappa shape index (κ1) is 20.4. The average molecular weight is 421 g/mol. The van der Waals surface area contributed by atoms with Crippen molar-refractivity contribution < 1.29 is 19.1 Å². The number of anilines is 1. The number of imide groups is 1. The molecule has 4 amide bonds. The molecule has 0 aliphatic carbocycles. The number of aromatic nitrogens is 2. The van der Waals surface area contributed by atoms with Crippen LogP contribution in [0.15, 0.2) is 48.5 Å². The SMILES string of the molecule is COc1ccc(N2C(=O)N[C@@H](CC(=O)N[C@H](C)c3nc4ccccc4n3C)C2=O)cc1. The van der Waals surface area contributed by atoms with E-state index >= 15 is 0 Å². The lowest BCUT2D eigenvalue weighted by Gasteiger charge is -2.16. The first-order chi connectivity index (χ1) is 14.9. The Morgan fingerprint density at radius 1 is 1.19 bits per heavy atom. The molecule has 2 heterocycles. The number of para-hydroxylation sites is 2. The van der Waals surface area contributed by atoms with Gasteiger partial charge < -0.3 is 19.9 Å². The zero-order valence-corrected chi connectivity index (χ0v) is 17.5. The van der Waals surface area contributed by atoms with Crippen molar-refractivity contribution in [2.24, 2.45) is 7.05 Å². The summed E-state index contributed by atoms with van der Waals surface area (Å²) in [5, 5.41) is 5.45. The zero-order chi connectivity index (χ0) is 22.1. The summed E-state index contributed by atoms with van der Waals surface area (Å²) in [5.74, 6) is 0.495. The van der Waals surface area contributed by atoms with Crippen molar-refractivity contribution >= 4 is 34.6 Å². The van der Waals surface area contributed by atoms with Gasteiger partial charge in [0, 0.05) is 7.05 Å². The molecule has 1 saturated heterocycles. The Balaban J connectivity index is 1.42. The Labute approximate surface area is 179 Å². The van der Waals surface area contributed by atoms with E-state index in [2.05, 4.69) is 15.6 Å². The Hall–Kier alpha value is -3.88. The minimum Gasteiger partial charge on any atom is -0.497 e. The molecule has 0 unspecified atom stereocenters. The number of benzene rings is 2. The second-order valence-corrected chi connectivity index (χ2v) is 7.38. The van der Waals surface area contributed by atoms with E-state index in [0.29, 0.717) is 17.3 Å². The highest BCUT2D eigenvalue weighted by molar-refractivity contribution is 6.22. The first-order valence-corrected chi connectivity index (χ1v) is 9.88. The normalized spacial score (nSPS) is 17.0. The van der Waals surface area contributed by atoms with Crippen molar-refractivity contribution in [3.05, 3.63) is 54.4 Å². The maximum Gasteiger partial charge on any atom is 0.329 e. The summed E-state index contributed by atoms with van der Waals surface area (Å²) in [7, 11) is 3.42. The maximum atomic E-state index is 12.7. The number of fused-ring (bicyclic) bond motifs is 1. The predicted molar refractivity (Wildman–Crippen MR) is 115 cm³/mol. The molecule has 1 aliphatic rings. The molecule has 4 rings (SSSR count). The molecular formula is C22H23N5O4. The lowest BCUT2D eigenvalue weighted by Crippen LogP contribution is -2.37. The minimum absolute atomic E-state index is 0.161. The molecule has 0 radical (unpaired) electrons. The number of amides is 4. The van der Waals surface area contributed by atoms with Gasteiger partial charge in [-0.2, -0.15) is 0 Å². The lowest BCUT2D eigenvalue weighted by atomic mass is 10.1. The number of nitrogens with zero attached hydrogens (tertiary/aromatic N) is 3. The van der Waals surface area contributed by atoms with E-state index in [9.17, 15) is 14.4 Å². The molecule has 0 spiro atoms. The van der Waals surface area contributed by atoms with Gasteiger partial charge in [-0.1, -0.05) is 12.1 Å². The lowest BCUT2D eigenvalue weighted by molar-refractivity contribution is -0.126. The van der Waals surface area contributed by atoms with Crippen LogP contribution in [0.25, 0.3) is 11.0 Å². The van der Waals surface area contributed by atoms with Gasteiger partial charge in [-0.15, -0.1) is 0 Å². The van der Waals surface area contributed by atoms with Gasteiger partial charge >= 0.3 is 6.03 Å². The summed E-state index contributed by atoms with van der Waals surface area (Å²) in [6, 6.07) is 12.4. The van der Waals surface area contributed by atoms with Gasteiger partial charge in [-0.25, -0.2) is 14.7 Å². The fourth-order valence-electron chi connectivity index (χ4n) is 3.75. The Bertz CT molecular complexity index is 1150. The molecule has 0 saturated carbocycles. The second kappa shape index (κ2) is 8.10. The van der Waals surface area contributed by atoms with E-state index in [1.165, 1.54) is 7.11 Å². The zero-order valence-electron chi connectivity index (χ0n) is 17.5. The molecule has 9 nitrogen and oxygen atoms in total. The van der Waals surface area contributed by atoms with Gasteiger partial charge in [-0.3, -0.25) is 9.59 Å². The number of rotatable bonds is 6. The number of imidazole rings is 1. The van der Waals surface area contributed by atoms with Crippen LogP contribution in [-0.2, 0) is 16.6 Å². The maximum absolute atomic E-state index is 12.7. The number of carbonyl (C=O) groups excluding carboxylic acids is 3. The van der Waals surface area contributed by atoms with Crippen molar-refractivity contribution in [3.63, 3.8) is 0 Å². The third kappa shape index (κ3) is 3.81. The van der Waals surface area contributed by atoms with E-state index in [1.807, 2.05) is 42.8 Å². The van der Waals surface area contributed by atoms with Crippen LogP contribution in [0.1, 0.15) is 25.2 Å².